The molecule has 1 aliphatic heterocycles. The van der Waals surface area contributed by atoms with Crippen molar-refractivity contribution in [3.63, 3.8) is 0 Å². The van der Waals surface area contributed by atoms with Gasteiger partial charge in [-0.15, -0.1) is 11.3 Å². The second kappa shape index (κ2) is 6.34. The van der Waals surface area contributed by atoms with E-state index in [-0.39, 0.29) is 18.1 Å². The largest absolute Gasteiger partial charge is 0.376 e. The molecule has 1 aromatic rings. The first kappa shape index (κ1) is 13.6. The molecule has 1 amide bonds. The van der Waals surface area contributed by atoms with Gasteiger partial charge in [-0.2, -0.15) is 0 Å². The molecule has 2 rings (SSSR count). The molecule has 1 aliphatic rings. The van der Waals surface area contributed by atoms with Gasteiger partial charge in [-0.3, -0.25) is 4.79 Å². The van der Waals surface area contributed by atoms with Gasteiger partial charge in [0.15, 0.2) is 0 Å². The first-order valence-corrected chi connectivity index (χ1v) is 7.58. The van der Waals surface area contributed by atoms with Crippen molar-refractivity contribution in [2.45, 2.75) is 51.7 Å². The van der Waals surface area contributed by atoms with Gasteiger partial charge in [0, 0.05) is 16.9 Å². The van der Waals surface area contributed by atoms with Crippen LogP contribution in [-0.2, 0) is 11.2 Å². The normalized spacial score (nSPS) is 20.9. The molecule has 100 valence electrons. The highest BCUT2D eigenvalue weighted by molar-refractivity contribution is 7.10. The zero-order valence-electron chi connectivity index (χ0n) is 11.1. The molecule has 2 atom stereocenters. The summed E-state index contributed by atoms with van der Waals surface area (Å²) in [4.78, 5) is 13.4. The Morgan fingerprint density at radius 1 is 1.67 bits per heavy atom. The van der Waals surface area contributed by atoms with Crippen molar-refractivity contribution in [1.82, 2.24) is 5.32 Å². The maximum Gasteiger partial charge on any atom is 0.252 e. The predicted octanol–water partition coefficient (Wildman–Crippen LogP) is 3.00. The number of ether oxygens (including phenoxy) is 1. The number of amides is 1. The van der Waals surface area contributed by atoms with Crippen molar-refractivity contribution in [2.24, 2.45) is 0 Å². The Bertz CT molecular complexity index is 396. The number of hydrogen-bond acceptors (Lipinski definition) is 3. The van der Waals surface area contributed by atoms with Gasteiger partial charge in [-0.05, 0) is 32.3 Å². The molecule has 0 unspecified atom stereocenters. The van der Waals surface area contributed by atoms with E-state index in [0.29, 0.717) is 0 Å². The highest BCUT2D eigenvalue weighted by Gasteiger charge is 2.24. The van der Waals surface area contributed by atoms with E-state index >= 15 is 0 Å². The van der Waals surface area contributed by atoms with Gasteiger partial charge < -0.3 is 10.1 Å². The minimum Gasteiger partial charge on any atom is -0.376 e. The smallest absolute Gasteiger partial charge is 0.252 e. The van der Waals surface area contributed by atoms with Crippen LogP contribution in [0.5, 0.6) is 0 Å². The average molecular weight is 267 g/mol. The second-order valence-electron chi connectivity index (χ2n) is 4.87. The fourth-order valence-electron chi connectivity index (χ4n) is 2.26. The molecule has 1 saturated heterocycles. The summed E-state index contributed by atoms with van der Waals surface area (Å²) in [5.41, 5.74) is 0.785. The van der Waals surface area contributed by atoms with Crippen LogP contribution in [0.3, 0.4) is 0 Å². The summed E-state index contributed by atoms with van der Waals surface area (Å²) in [5, 5.41) is 4.98. The third kappa shape index (κ3) is 3.33. The Hall–Kier alpha value is -0.870. The Kier molecular flexibility index (Phi) is 4.78. The third-order valence-corrected chi connectivity index (χ3v) is 4.29. The molecular weight excluding hydrogens is 246 g/mol. The summed E-state index contributed by atoms with van der Waals surface area (Å²) in [6.45, 7) is 5.00. The molecule has 3 nitrogen and oxygen atoms in total. The highest BCUT2D eigenvalue weighted by atomic mass is 32.1. The summed E-state index contributed by atoms with van der Waals surface area (Å²) in [5.74, 6) is 0.0246. The molecule has 4 heteroatoms. The molecule has 2 heterocycles. The van der Waals surface area contributed by atoms with Crippen LogP contribution in [0.25, 0.3) is 0 Å². The van der Waals surface area contributed by atoms with Crippen LogP contribution in [0.2, 0.25) is 0 Å². The second-order valence-corrected chi connectivity index (χ2v) is 5.86. The van der Waals surface area contributed by atoms with Crippen LogP contribution < -0.4 is 5.32 Å². The molecular formula is C14H21NO2S. The van der Waals surface area contributed by atoms with E-state index in [4.69, 9.17) is 4.74 Å². The maximum absolute atomic E-state index is 12.1. The van der Waals surface area contributed by atoms with E-state index in [1.165, 1.54) is 4.88 Å². The summed E-state index contributed by atoms with van der Waals surface area (Å²) in [7, 11) is 0. The quantitative estimate of drug-likeness (QED) is 0.890. The summed E-state index contributed by atoms with van der Waals surface area (Å²) in [6, 6.07) is 2.10. The molecule has 0 bridgehead atoms. The lowest BCUT2D eigenvalue weighted by Gasteiger charge is -2.19. The van der Waals surface area contributed by atoms with E-state index < -0.39 is 0 Å². The van der Waals surface area contributed by atoms with Gasteiger partial charge in [0.1, 0.15) is 0 Å². The molecule has 0 aromatic carbocycles. The first-order valence-electron chi connectivity index (χ1n) is 6.70. The van der Waals surface area contributed by atoms with Crippen molar-refractivity contribution in [1.29, 1.82) is 0 Å². The third-order valence-electron chi connectivity index (χ3n) is 3.29. The molecule has 0 saturated carbocycles. The maximum atomic E-state index is 12.1. The lowest BCUT2D eigenvalue weighted by Crippen LogP contribution is -2.40. The molecule has 1 N–H and O–H groups in total. The van der Waals surface area contributed by atoms with Crippen molar-refractivity contribution in [2.75, 3.05) is 6.61 Å². The van der Waals surface area contributed by atoms with Crippen molar-refractivity contribution >= 4 is 17.2 Å². The number of nitrogens with one attached hydrogen (secondary N) is 1. The lowest BCUT2D eigenvalue weighted by molar-refractivity contribution is 0.0712. The van der Waals surface area contributed by atoms with Crippen LogP contribution in [0.1, 0.15) is 48.3 Å². The topological polar surface area (TPSA) is 38.3 Å². The first-order chi connectivity index (χ1) is 8.70. The van der Waals surface area contributed by atoms with Gasteiger partial charge in [-0.1, -0.05) is 13.3 Å². The number of rotatable bonds is 5. The lowest BCUT2D eigenvalue weighted by atomic mass is 10.1. The van der Waals surface area contributed by atoms with Crippen LogP contribution in [0.15, 0.2) is 11.4 Å². The van der Waals surface area contributed by atoms with Crippen LogP contribution >= 0.6 is 11.3 Å². The summed E-state index contributed by atoms with van der Waals surface area (Å²) in [6.07, 6.45) is 4.51. The molecule has 0 spiro atoms. The van der Waals surface area contributed by atoms with Crippen LogP contribution in [0, 0.1) is 0 Å². The van der Waals surface area contributed by atoms with Crippen LogP contribution in [-0.4, -0.2) is 24.7 Å². The van der Waals surface area contributed by atoms with E-state index in [0.717, 1.165) is 37.9 Å². The zero-order chi connectivity index (χ0) is 13.0. The zero-order valence-corrected chi connectivity index (χ0v) is 11.9. The number of hydrogen-bond donors (Lipinski definition) is 1. The SMILES string of the molecule is CCCc1cc(C(=O)N[C@H](C)[C@@H]2CCCO2)cs1. The molecule has 18 heavy (non-hydrogen) atoms. The Labute approximate surface area is 113 Å². The Morgan fingerprint density at radius 2 is 2.50 bits per heavy atom. The molecule has 1 fully saturated rings. The molecule has 0 aliphatic carbocycles. The number of aryl methyl sites for hydroxylation is 1. The molecule has 0 radical (unpaired) electrons. The fourth-order valence-corrected chi connectivity index (χ4v) is 3.23. The Balaban J connectivity index is 1.89. The number of thiophene rings is 1. The van der Waals surface area contributed by atoms with Gasteiger partial charge in [0.05, 0.1) is 17.7 Å². The monoisotopic (exact) mass is 267 g/mol. The number of carbonyl (C=O) groups excluding carboxylic acids is 1. The van der Waals surface area contributed by atoms with Gasteiger partial charge in [0.2, 0.25) is 0 Å². The molecule has 1 aromatic heterocycles. The highest BCUT2D eigenvalue weighted by Crippen LogP contribution is 2.18. The summed E-state index contributed by atoms with van der Waals surface area (Å²) >= 11 is 1.67. The fraction of sp³-hybridized carbons (Fsp3) is 0.643. The van der Waals surface area contributed by atoms with E-state index in [9.17, 15) is 4.79 Å². The van der Waals surface area contributed by atoms with Crippen molar-refractivity contribution < 1.29 is 9.53 Å². The van der Waals surface area contributed by atoms with Crippen LogP contribution in [0.4, 0.5) is 0 Å². The standard InChI is InChI=1S/C14H21NO2S/c1-3-5-12-8-11(9-18-12)14(16)15-10(2)13-6-4-7-17-13/h8-10,13H,3-7H2,1-2H3,(H,15,16)/t10-,13+/m1/s1. The van der Waals surface area contributed by atoms with Gasteiger partial charge in [-0.25, -0.2) is 0 Å². The van der Waals surface area contributed by atoms with Crippen molar-refractivity contribution in [3.05, 3.63) is 21.9 Å². The van der Waals surface area contributed by atoms with Gasteiger partial charge in [0.25, 0.3) is 5.91 Å². The minimum atomic E-state index is 0.0246. The number of carbonyl (C=O) groups is 1. The van der Waals surface area contributed by atoms with Gasteiger partial charge >= 0.3 is 0 Å². The predicted molar refractivity (Wildman–Crippen MR) is 74.2 cm³/mol. The van der Waals surface area contributed by atoms with E-state index in [1.54, 1.807) is 11.3 Å². The minimum absolute atomic E-state index is 0.0246. The van der Waals surface area contributed by atoms with E-state index in [2.05, 4.69) is 12.2 Å². The average Bonchev–Trinajstić information content (AvgIpc) is 3.00. The summed E-state index contributed by atoms with van der Waals surface area (Å²) < 4.78 is 5.58. The van der Waals surface area contributed by atoms with Crippen molar-refractivity contribution in [3.8, 4) is 0 Å². The van der Waals surface area contributed by atoms with E-state index in [1.807, 2.05) is 18.4 Å². The Morgan fingerprint density at radius 3 is 3.17 bits per heavy atom.